The molecule has 1 rings (SSSR count). The molecule has 0 aliphatic rings. The lowest BCUT2D eigenvalue weighted by Crippen LogP contribution is -2.31. The number of carbonyl (C=O) groups excluding carboxylic acids is 1. The second-order valence-corrected chi connectivity index (χ2v) is 5.45. The zero-order chi connectivity index (χ0) is 16.2. The summed E-state index contributed by atoms with van der Waals surface area (Å²) in [7, 11) is 0. The maximum absolute atomic E-state index is 11.5. The first kappa shape index (κ1) is 16.6. The molecule has 0 spiro atoms. The Labute approximate surface area is 122 Å². The van der Waals surface area contributed by atoms with Crippen LogP contribution in [0.3, 0.4) is 0 Å². The van der Waals surface area contributed by atoms with Gasteiger partial charge in [0.05, 0.1) is 10.5 Å². The Morgan fingerprint density at radius 1 is 1.38 bits per heavy atom. The summed E-state index contributed by atoms with van der Waals surface area (Å²) in [6, 6.07) is 4.20. The average Bonchev–Trinajstić information content (AvgIpc) is 2.35. The number of hydrogen-bond donors (Lipinski definition) is 2. The van der Waals surface area contributed by atoms with Crippen molar-refractivity contribution in [1.82, 2.24) is 0 Å². The van der Waals surface area contributed by atoms with E-state index in [-0.39, 0.29) is 17.7 Å². The molecule has 1 aromatic carbocycles. The summed E-state index contributed by atoms with van der Waals surface area (Å²) in [5.74, 6) is -1.29. The highest BCUT2D eigenvalue weighted by atomic mass is 16.6. The Kier molecular flexibility index (Phi) is 5.02. The number of nitro benzene ring substituents is 1. The van der Waals surface area contributed by atoms with Gasteiger partial charge in [-0.15, -0.1) is 0 Å². The van der Waals surface area contributed by atoms with Gasteiger partial charge in [0.25, 0.3) is 5.69 Å². The standard InChI is InChI=1S/C14H18N2O5/c1-9(17)11-8-10(4-5-12(11)16(20)21)15-14(2,3)7-6-13(18)19/h4-5,8,15H,6-7H2,1-3H3,(H,18,19). The normalized spacial score (nSPS) is 11.0. The van der Waals surface area contributed by atoms with Crippen LogP contribution in [0.2, 0.25) is 0 Å². The van der Waals surface area contributed by atoms with Crippen LogP contribution < -0.4 is 5.32 Å². The molecule has 0 radical (unpaired) electrons. The maximum Gasteiger partial charge on any atom is 0.303 e. The molecule has 0 aliphatic carbocycles. The predicted molar refractivity (Wildman–Crippen MR) is 77.7 cm³/mol. The van der Waals surface area contributed by atoms with Crippen molar-refractivity contribution in [3.8, 4) is 0 Å². The van der Waals surface area contributed by atoms with Crippen molar-refractivity contribution in [2.45, 2.75) is 39.2 Å². The molecule has 0 aromatic heterocycles. The first-order valence-corrected chi connectivity index (χ1v) is 6.42. The summed E-state index contributed by atoms with van der Waals surface area (Å²) in [6.07, 6.45) is 0.390. The maximum atomic E-state index is 11.5. The van der Waals surface area contributed by atoms with Gasteiger partial charge in [-0.1, -0.05) is 0 Å². The first-order chi connectivity index (χ1) is 9.62. The van der Waals surface area contributed by atoms with Crippen molar-refractivity contribution < 1.29 is 19.6 Å². The predicted octanol–water partition coefficient (Wildman–Crippen LogP) is 2.85. The number of carboxylic acids is 1. The molecule has 0 bridgehead atoms. The van der Waals surface area contributed by atoms with Gasteiger partial charge in [0.1, 0.15) is 0 Å². The van der Waals surface area contributed by atoms with E-state index in [0.29, 0.717) is 12.1 Å². The monoisotopic (exact) mass is 294 g/mol. The van der Waals surface area contributed by atoms with Crippen LogP contribution in [0.5, 0.6) is 0 Å². The van der Waals surface area contributed by atoms with Crippen molar-refractivity contribution in [2.24, 2.45) is 0 Å². The minimum absolute atomic E-state index is 0.00649. The van der Waals surface area contributed by atoms with Gasteiger partial charge in [-0.2, -0.15) is 0 Å². The molecule has 1 aromatic rings. The SMILES string of the molecule is CC(=O)c1cc(NC(C)(C)CCC(=O)O)ccc1[N+](=O)[O-]. The van der Waals surface area contributed by atoms with Crippen LogP contribution in [0, 0.1) is 10.1 Å². The van der Waals surface area contributed by atoms with Gasteiger partial charge in [-0.25, -0.2) is 0 Å². The van der Waals surface area contributed by atoms with E-state index in [9.17, 15) is 19.7 Å². The molecule has 0 heterocycles. The van der Waals surface area contributed by atoms with Gasteiger partial charge in [-0.05, 0) is 39.3 Å². The number of rotatable bonds is 7. The van der Waals surface area contributed by atoms with E-state index in [1.54, 1.807) is 0 Å². The molecule has 0 amide bonds. The number of nitro groups is 1. The van der Waals surface area contributed by atoms with E-state index >= 15 is 0 Å². The molecular formula is C14H18N2O5. The van der Waals surface area contributed by atoms with Crippen molar-refractivity contribution in [1.29, 1.82) is 0 Å². The number of nitrogens with zero attached hydrogens (tertiary/aromatic N) is 1. The van der Waals surface area contributed by atoms with Crippen LogP contribution in [0.25, 0.3) is 0 Å². The van der Waals surface area contributed by atoms with E-state index in [0.717, 1.165) is 0 Å². The van der Waals surface area contributed by atoms with Crippen LogP contribution >= 0.6 is 0 Å². The summed E-state index contributed by atoms with van der Waals surface area (Å²) >= 11 is 0. The van der Waals surface area contributed by atoms with Gasteiger partial charge in [0.15, 0.2) is 5.78 Å². The number of anilines is 1. The van der Waals surface area contributed by atoms with E-state index in [1.165, 1.54) is 25.1 Å². The number of carbonyl (C=O) groups is 2. The van der Waals surface area contributed by atoms with Crippen LogP contribution in [-0.2, 0) is 4.79 Å². The van der Waals surface area contributed by atoms with Gasteiger partial charge >= 0.3 is 5.97 Å². The Bertz CT molecular complexity index is 581. The van der Waals surface area contributed by atoms with Crippen molar-refractivity contribution in [3.63, 3.8) is 0 Å². The number of Topliss-reactive ketones (excluding diaryl/α,β-unsaturated/α-hetero) is 1. The van der Waals surface area contributed by atoms with Crippen molar-refractivity contribution in [2.75, 3.05) is 5.32 Å². The number of nitrogens with one attached hydrogen (secondary N) is 1. The third kappa shape index (κ3) is 4.87. The highest BCUT2D eigenvalue weighted by molar-refractivity contribution is 5.99. The second-order valence-electron chi connectivity index (χ2n) is 5.45. The lowest BCUT2D eigenvalue weighted by Gasteiger charge is -2.27. The van der Waals surface area contributed by atoms with Crippen molar-refractivity contribution in [3.05, 3.63) is 33.9 Å². The third-order valence-corrected chi connectivity index (χ3v) is 3.02. The molecule has 0 aliphatic heterocycles. The molecule has 0 fully saturated rings. The van der Waals surface area contributed by atoms with E-state index < -0.39 is 22.2 Å². The fraction of sp³-hybridized carbons (Fsp3) is 0.429. The number of carboxylic acid groups (broad SMARTS) is 1. The fourth-order valence-corrected chi connectivity index (χ4v) is 1.93. The number of ketones is 1. The molecule has 114 valence electrons. The topological polar surface area (TPSA) is 110 Å². The van der Waals surface area contributed by atoms with Crippen LogP contribution in [0.4, 0.5) is 11.4 Å². The molecule has 7 nitrogen and oxygen atoms in total. The lowest BCUT2D eigenvalue weighted by atomic mass is 9.97. The fourth-order valence-electron chi connectivity index (χ4n) is 1.93. The Morgan fingerprint density at radius 2 is 2.00 bits per heavy atom. The third-order valence-electron chi connectivity index (χ3n) is 3.02. The highest BCUT2D eigenvalue weighted by Crippen LogP contribution is 2.26. The Morgan fingerprint density at radius 3 is 2.48 bits per heavy atom. The average molecular weight is 294 g/mol. The summed E-state index contributed by atoms with van der Waals surface area (Å²) in [5, 5.41) is 22.7. The second kappa shape index (κ2) is 6.34. The molecule has 0 saturated carbocycles. The minimum atomic E-state index is -0.891. The number of benzene rings is 1. The largest absolute Gasteiger partial charge is 0.481 e. The smallest absolute Gasteiger partial charge is 0.303 e. The Balaban J connectivity index is 2.99. The summed E-state index contributed by atoms with van der Waals surface area (Å²) < 4.78 is 0. The first-order valence-electron chi connectivity index (χ1n) is 6.42. The Hall–Kier alpha value is -2.44. The highest BCUT2D eigenvalue weighted by Gasteiger charge is 2.22. The molecule has 21 heavy (non-hydrogen) atoms. The zero-order valence-electron chi connectivity index (χ0n) is 12.2. The number of hydrogen-bond acceptors (Lipinski definition) is 5. The van der Waals surface area contributed by atoms with E-state index in [2.05, 4.69) is 5.32 Å². The molecule has 7 heteroatoms. The summed E-state index contributed by atoms with van der Waals surface area (Å²) in [5.41, 5.74) is -0.181. The number of aliphatic carboxylic acids is 1. The summed E-state index contributed by atoms with van der Waals surface area (Å²) in [6.45, 7) is 4.91. The molecule has 0 unspecified atom stereocenters. The van der Waals surface area contributed by atoms with Gasteiger partial charge in [-0.3, -0.25) is 19.7 Å². The van der Waals surface area contributed by atoms with Gasteiger partial charge in [0, 0.05) is 23.7 Å². The van der Waals surface area contributed by atoms with Crippen LogP contribution in [-0.4, -0.2) is 27.3 Å². The van der Waals surface area contributed by atoms with Crippen molar-refractivity contribution >= 4 is 23.1 Å². The quantitative estimate of drug-likeness (QED) is 0.454. The molecule has 0 atom stereocenters. The molecule has 0 saturated heterocycles. The van der Waals surface area contributed by atoms with Crippen LogP contribution in [0.15, 0.2) is 18.2 Å². The molecule has 2 N–H and O–H groups in total. The summed E-state index contributed by atoms with van der Waals surface area (Å²) in [4.78, 5) is 32.4. The van der Waals surface area contributed by atoms with E-state index in [1.807, 2.05) is 13.8 Å². The van der Waals surface area contributed by atoms with Gasteiger partial charge in [0.2, 0.25) is 0 Å². The zero-order valence-corrected chi connectivity index (χ0v) is 12.2. The minimum Gasteiger partial charge on any atom is -0.481 e. The van der Waals surface area contributed by atoms with Crippen LogP contribution in [0.1, 0.15) is 44.0 Å². The van der Waals surface area contributed by atoms with E-state index in [4.69, 9.17) is 5.11 Å². The lowest BCUT2D eigenvalue weighted by molar-refractivity contribution is -0.385. The van der Waals surface area contributed by atoms with Gasteiger partial charge < -0.3 is 10.4 Å². The molecular weight excluding hydrogens is 276 g/mol.